The van der Waals surface area contributed by atoms with Crippen LogP contribution >= 0.6 is 7.75 Å². The normalized spacial score (nSPS) is 14.8. The van der Waals surface area contributed by atoms with Gasteiger partial charge in [-0.1, -0.05) is 64.7 Å². The molecule has 0 radical (unpaired) electrons. The summed E-state index contributed by atoms with van der Waals surface area (Å²) in [5, 5.41) is 2.62. The van der Waals surface area contributed by atoms with Crippen molar-refractivity contribution in [1.29, 1.82) is 0 Å². The van der Waals surface area contributed by atoms with Crippen molar-refractivity contribution in [3.05, 3.63) is 0 Å². The second-order valence-electron chi connectivity index (χ2n) is 7.46. The zero-order valence-corrected chi connectivity index (χ0v) is 16.7. The predicted molar refractivity (Wildman–Crippen MR) is 98.5 cm³/mol. The van der Waals surface area contributed by atoms with E-state index in [9.17, 15) is 9.46 Å². The number of unbranched alkanes of at least 4 members (excludes halogenated alkanes) is 9. The van der Waals surface area contributed by atoms with Gasteiger partial charge in [-0.2, -0.15) is 0 Å². The fourth-order valence-corrected chi connectivity index (χ4v) is 3.20. The van der Waals surface area contributed by atoms with E-state index in [1.807, 2.05) is 0 Å². The summed E-state index contributed by atoms with van der Waals surface area (Å²) in [7, 11) is 2.54. The first-order chi connectivity index (χ1) is 10.8. The highest BCUT2D eigenvalue weighted by Crippen LogP contribution is 2.36. The highest BCUT2D eigenvalue weighted by molar-refractivity contribution is 7.50. The van der Waals surface area contributed by atoms with Crippen molar-refractivity contribution >= 4 is 7.75 Å². The molecule has 0 saturated heterocycles. The highest BCUT2D eigenvalue weighted by atomic mass is 31.2. The van der Waals surface area contributed by atoms with Crippen LogP contribution in [-0.4, -0.2) is 50.2 Å². The van der Waals surface area contributed by atoms with Gasteiger partial charge in [-0.3, -0.25) is 4.52 Å². The number of nitrogens with zero attached hydrogens (tertiary/aromatic N) is 1. The molecule has 0 bridgehead atoms. The van der Waals surface area contributed by atoms with E-state index in [0.29, 0.717) is 13.2 Å². The summed E-state index contributed by atoms with van der Waals surface area (Å²) in [5.41, 5.74) is 0. The first-order valence-corrected chi connectivity index (χ1v) is 10.9. The fraction of sp³-hybridized carbons (Fsp3) is 1.00. The molecule has 0 fully saturated rings. The lowest BCUT2D eigenvalue weighted by Gasteiger charge is -2.24. The lowest BCUT2D eigenvalue weighted by molar-refractivity contribution is -0.869. The molecule has 0 aromatic rings. The molecule has 0 aromatic carbocycles. The summed E-state index contributed by atoms with van der Waals surface area (Å²) in [6.07, 6.45) is 12.5. The molecule has 140 valence electrons. The van der Waals surface area contributed by atoms with E-state index in [-0.39, 0.29) is 0 Å². The average molecular weight is 351 g/mol. The lowest BCUT2D eigenvalue weighted by atomic mass is 10.1. The molecule has 0 rings (SSSR count). The van der Waals surface area contributed by atoms with Crippen molar-refractivity contribution in [2.45, 2.75) is 71.1 Å². The Labute approximate surface area is 144 Å². The molecule has 6 heteroatoms. The van der Waals surface area contributed by atoms with Gasteiger partial charge in [0.1, 0.15) is 0 Å². The van der Waals surface area contributed by atoms with Gasteiger partial charge >= 0.3 is 7.75 Å². The summed E-state index contributed by atoms with van der Waals surface area (Å²) >= 11 is 0. The van der Waals surface area contributed by atoms with Gasteiger partial charge in [0.25, 0.3) is 0 Å². The Morgan fingerprint density at radius 1 is 0.913 bits per heavy atom. The first-order valence-electron chi connectivity index (χ1n) is 9.30. The van der Waals surface area contributed by atoms with Crippen LogP contribution in [0.1, 0.15) is 71.1 Å². The van der Waals surface area contributed by atoms with E-state index in [2.05, 4.69) is 33.2 Å². The maximum atomic E-state index is 11.8. The molecule has 5 nitrogen and oxygen atoms in total. The minimum absolute atomic E-state index is 0.363. The van der Waals surface area contributed by atoms with Crippen LogP contribution in [0.4, 0.5) is 0 Å². The number of quaternary nitrogens is 1. The van der Waals surface area contributed by atoms with E-state index >= 15 is 0 Å². The zero-order valence-electron chi connectivity index (χ0n) is 15.9. The van der Waals surface area contributed by atoms with Crippen molar-refractivity contribution in [3.63, 3.8) is 0 Å². The summed E-state index contributed by atoms with van der Waals surface area (Å²) in [6, 6.07) is 0. The van der Waals surface area contributed by atoms with Crippen molar-refractivity contribution in [1.82, 2.24) is 5.09 Å². The summed E-state index contributed by atoms with van der Waals surface area (Å²) in [5.74, 6) is 0. The predicted octanol–water partition coefficient (Wildman–Crippen LogP) is 4.32. The van der Waals surface area contributed by atoms with E-state index in [0.717, 1.165) is 23.9 Å². The largest absolute Gasteiger partial charge is 0.403 e. The Morgan fingerprint density at radius 2 is 1.39 bits per heavy atom. The number of hydrogen-bond acceptors (Lipinski definition) is 2. The van der Waals surface area contributed by atoms with Crippen LogP contribution < -0.4 is 5.09 Å². The molecule has 0 spiro atoms. The van der Waals surface area contributed by atoms with Crippen LogP contribution in [-0.2, 0) is 9.09 Å². The summed E-state index contributed by atoms with van der Waals surface area (Å²) in [4.78, 5) is 9.67. The van der Waals surface area contributed by atoms with Crippen LogP contribution in [0, 0.1) is 0 Å². The molecule has 0 heterocycles. The molecule has 2 N–H and O–H groups in total. The number of nitrogens with one attached hydrogen (secondary N) is 1. The monoisotopic (exact) mass is 351 g/mol. The summed E-state index contributed by atoms with van der Waals surface area (Å²) in [6.45, 7) is 3.87. The second kappa shape index (κ2) is 13.4. The van der Waals surface area contributed by atoms with Gasteiger partial charge in [0.05, 0.1) is 40.8 Å². The topological polar surface area (TPSA) is 58.6 Å². The van der Waals surface area contributed by atoms with Gasteiger partial charge < -0.3 is 9.38 Å². The molecule has 0 amide bonds. The number of hydrogen-bond donors (Lipinski definition) is 2. The van der Waals surface area contributed by atoms with Gasteiger partial charge in [-0.05, 0) is 6.42 Å². The molecular weight excluding hydrogens is 311 g/mol. The molecular formula is C17H40N2O3P+. The Kier molecular flexibility index (Phi) is 13.4. The molecule has 0 saturated carbocycles. The van der Waals surface area contributed by atoms with Crippen molar-refractivity contribution in [2.24, 2.45) is 0 Å². The minimum atomic E-state index is -3.62. The Bertz CT molecular complexity index is 319. The molecule has 23 heavy (non-hydrogen) atoms. The third-order valence-electron chi connectivity index (χ3n) is 3.86. The van der Waals surface area contributed by atoms with E-state index in [4.69, 9.17) is 4.52 Å². The van der Waals surface area contributed by atoms with E-state index in [1.165, 1.54) is 51.4 Å². The fourth-order valence-electron chi connectivity index (χ4n) is 2.35. The van der Waals surface area contributed by atoms with Crippen LogP contribution in [0.2, 0.25) is 0 Å². The maximum absolute atomic E-state index is 11.8. The Hall–Kier alpha value is 0.0700. The van der Waals surface area contributed by atoms with Crippen LogP contribution in [0.3, 0.4) is 0 Å². The molecule has 0 aliphatic rings. The number of rotatable bonds is 16. The van der Waals surface area contributed by atoms with Gasteiger partial charge in [-0.25, -0.2) is 9.65 Å². The first kappa shape index (κ1) is 23.1. The minimum Gasteiger partial charge on any atom is -0.330 e. The highest BCUT2D eigenvalue weighted by Gasteiger charge is 2.19. The SMILES string of the molecule is CCCCCCCCCCCCOP(=O)(O)NCC[N+](C)(C)C. The third-order valence-corrected chi connectivity index (χ3v) is 5.01. The molecule has 0 aliphatic carbocycles. The molecule has 1 atom stereocenters. The smallest absolute Gasteiger partial charge is 0.330 e. The van der Waals surface area contributed by atoms with Gasteiger partial charge in [0.15, 0.2) is 0 Å². The van der Waals surface area contributed by atoms with Crippen LogP contribution in [0.5, 0.6) is 0 Å². The second-order valence-corrected chi connectivity index (χ2v) is 9.07. The Morgan fingerprint density at radius 3 is 1.87 bits per heavy atom. The van der Waals surface area contributed by atoms with Gasteiger partial charge in [0, 0.05) is 0 Å². The molecule has 0 aliphatic heterocycles. The van der Waals surface area contributed by atoms with Crippen molar-refractivity contribution in [3.8, 4) is 0 Å². The van der Waals surface area contributed by atoms with E-state index < -0.39 is 7.75 Å². The van der Waals surface area contributed by atoms with Crippen molar-refractivity contribution in [2.75, 3.05) is 40.8 Å². The van der Waals surface area contributed by atoms with Crippen molar-refractivity contribution < 1.29 is 18.5 Å². The maximum Gasteiger partial charge on any atom is 0.403 e. The standard InChI is InChI=1S/C17H39N2O3P/c1-5-6-7-8-9-10-11-12-13-14-17-22-23(20,21)18-15-16-19(2,3)4/h5-17H2,1-4H3,(H-,18,20,21)/p+1. The quantitative estimate of drug-likeness (QED) is 0.247. The summed E-state index contributed by atoms with van der Waals surface area (Å²) < 4.78 is 17.6. The third kappa shape index (κ3) is 18.3. The lowest BCUT2D eigenvalue weighted by Crippen LogP contribution is -2.40. The van der Waals surface area contributed by atoms with Gasteiger partial charge in [0.2, 0.25) is 0 Å². The average Bonchev–Trinajstić information content (AvgIpc) is 2.43. The van der Waals surface area contributed by atoms with Crippen LogP contribution in [0.15, 0.2) is 0 Å². The van der Waals surface area contributed by atoms with Crippen LogP contribution in [0.25, 0.3) is 0 Å². The molecule has 0 aromatic heterocycles. The van der Waals surface area contributed by atoms with E-state index in [1.54, 1.807) is 0 Å². The molecule has 1 unspecified atom stereocenters. The zero-order chi connectivity index (χ0) is 17.6. The van der Waals surface area contributed by atoms with Gasteiger partial charge in [-0.15, -0.1) is 0 Å². The number of likely N-dealkylation sites (N-methyl/N-ethyl adjacent to an activating group) is 1. The Balaban J connectivity index is 3.40.